The average molecular weight is 675 g/mol. The van der Waals surface area contributed by atoms with Gasteiger partial charge in [0.2, 0.25) is 5.91 Å². The summed E-state index contributed by atoms with van der Waals surface area (Å²) in [7, 11) is 3.95. The molecule has 0 spiro atoms. The van der Waals surface area contributed by atoms with E-state index in [-0.39, 0.29) is 87.4 Å². The van der Waals surface area contributed by atoms with Crippen LogP contribution in [0.4, 0.5) is 0 Å². The number of hydrogen-bond acceptors (Lipinski definition) is 10. The quantitative estimate of drug-likeness (QED) is 0.0564. The van der Waals surface area contributed by atoms with Crippen molar-refractivity contribution in [2.45, 2.75) is 115 Å². The maximum Gasteiger partial charge on any atom is 1.00 e. The van der Waals surface area contributed by atoms with Gasteiger partial charge in [-0.2, -0.15) is 0 Å². The molecule has 0 aromatic rings. The predicted octanol–water partition coefficient (Wildman–Crippen LogP) is 0.320. The van der Waals surface area contributed by atoms with Crippen molar-refractivity contribution < 1.29 is 80.2 Å². The Kier molecular flexibility index (Phi) is 30.6. The monoisotopic (exact) mass is 674 g/mol. The van der Waals surface area contributed by atoms with Crippen LogP contribution < -0.4 is 73.1 Å². The van der Waals surface area contributed by atoms with Gasteiger partial charge in [-0.3, -0.25) is 14.9 Å². The maximum absolute atomic E-state index is 11.8. The molecule has 2 heterocycles. The molecule has 4 aliphatic rings. The first-order chi connectivity index (χ1) is 21.7. The van der Waals surface area contributed by atoms with Crippen molar-refractivity contribution in [2.24, 2.45) is 17.6 Å². The van der Waals surface area contributed by atoms with Crippen LogP contribution >= 0.6 is 0 Å². The number of aldehydes is 2. The molecule has 4 rings (SSSR count). The molecule has 0 aromatic heterocycles. The average Bonchev–Trinajstić information content (AvgIpc) is 3.86. The molecule has 46 heavy (non-hydrogen) atoms. The summed E-state index contributed by atoms with van der Waals surface area (Å²) in [4.78, 5) is 57.4. The predicted molar refractivity (Wildman–Crippen MR) is 178 cm³/mol. The molecule has 12 nitrogen and oxygen atoms in total. The Hall–Kier alpha value is -1.13. The Morgan fingerprint density at radius 3 is 2.11 bits per heavy atom. The number of rotatable bonds is 12. The Balaban J connectivity index is 0. The number of nitrogens with zero attached hydrogens (tertiary/aromatic N) is 2. The second kappa shape index (κ2) is 30.0. The molecule has 5 N–H and O–H groups in total. The number of amides is 1. The summed E-state index contributed by atoms with van der Waals surface area (Å²) in [6.07, 6.45) is 18.5. The first-order valence-electron chi connectivity index (χ1n) is 16.2. The summed E-state index contributed by atoms with van der Waals surface area (Å²) in [6, 6.07) is 0.633. The molecule has 4 fully saturated rings. The summed E-state index contributed by atoms with van der Waals surface area (Å²) in [6.45, 7) is 10.1. The van der Waals surface area contributed by atoms with Crippen molar-refractivity contribution in [3.05, 3.63) is 29.9 Å². The van der Waals surface area contributed by atoms with Crippen LogP contribution in [0.3, 0.4) is 0 Å². The van der Waals surface area contributed by atoms with E-state index in [0.717, 1.165) is 44.9 Å². The second-order valence-corrected chi connectivity index (χ2v) is 11.7. The van der Waals surface area contributed by atoms with E-state index in [1.54, 1.807) is 0 Å². The summed E-state index contributed by atoms with van der Waals surface area (Å²) in [5.41, 5.74) is 10.1. The maximum atomic E-state index is 11.8. The molecule has 0 aromatic carbocycles. The zero-order valence-electron chi connectivity index (χ0n) is 29.0. The molecule has 4 atom stereocenters. The van der Waals surface area contributed by atoms with E-state index in [9.17, 15) is 14.4 Å². The van der Waals surface area contributed by atoms with E-state index in [1.165, 1.54) is 83.8 Å². The Morgan fingerprint density at radius 2 is 1.70 bits per heavy atom. The van der Waals surface area contributed by atoms with E-state index >= 15 is 0 Å². The van der Waals surface area contributed by atoms with E-state index in [4.69, 9.17) is 20.2 Å². The SMILES string of the molecule is C=C/C(N)=C/C(C)=O.C=O.CC=O.CN1CCCC1[N-]OC(CC1CCNC1=O)NC1CCCC1.CNC(C=O)C1CCCC1.[K+]. The van der Waals surface area contributed by atoms with Crippen molar-refractivity contribution in [1.82, 2.24) is 20.9 Å². The molecule has 0 bridgehead atoms. The third kappa shape index (κ3) is 21.0. The standard InChI is InChI=1S/C16H29N4O2.C8H15NO.C6H9NO.C2H4O.CH2O.K/c1-20-10-4-7-14(20)19-22-15(18-13-5-2-3-6-13)11-12-8-9-17-16(12)21;1-9-8(6-10)7-4-2-3-5-7;1-3-6(7)4-5(2)8;1-2-3;1-2;/h12-15,18H,2-11H2,1H3,(H,17,21);6-9H,2-5H2,1H3;3-4H,1,7H2,2H3;2H,1H3;1H2;/q-1;;;;;+1/b;;6-4-;;;. The number of allylic oxidation sites excluding steroid dienone is 2. The Morgan fingerprint density at radius 1 is 1.11 bits per heavy atom. The topological polar surface area (TPSA) is 174 Å². The largest absolute Gasteiger partial charge is 1.00 e. The van der Waals surface area contributed by atoms with Crippen molar-refractivity contribution in [3.8, 4) is 0 Å². The van der Waals surface area contributed by atoms with E-state index in [2.05, 4.69) is 40.0 Å². The third-order valence-electron chi connectivity index (χ3n) is 8.22. The zero-order chi connectivity index (χ0) is 34.0. The van der Waals surface area contributed by atoms with Gasteiger partial charge in [0.25, 0.3) is 0 Å². The van der Waals surface area contributed by atoms with Gasteiger partial charge in [0.05, 0.1) is 12.3 Å². The molecular weight excluding hydrogens is 615 g/mol. The number of nitrogens with two attached hydrogens (primary N) is 1. The number of ketones is 1. The molecule has 13 heteroatoms. The van der Waals surface area contributed by atoms with Crippen molar-refractivity contribution in [1.29, 1.82) is 0 Å². The fourth-order valence-corrected chi connectivity index (χ4v) is 5.82. The molecule has 4 unspecified atom stereocenters. The summed E-state index contributed by atoms with van der Waals surface area (Å²) in [5, 5.41) is 9.53. The number of hydroxylamine groups is 1. The van der Waals surface area contributed by atoms with Crippen LogP contribution in [-0.4, -0.2) is 87.6 Å². The molecular formula is C33H59KN6O6. The van der Waals surface area contributed by atoms with Crippen LogP contribution in [0, 0.1) is 11.8 Å². The van der Waals surface area contributed by atoms with Crippen molar-refractivity contribution in [2.75, 3.05) is 27.2 Å². The number of nitrogens with one attached hydrogen (secondary N) is 3. The van der Waals surface area contributed by atoms with Crippen molar-refractivity contribution in [3.63, 3.8) is 0 Å². The normalized spacial score (nSPS) is 22.4. The van der Waals surface area contributed by atoms with E-state index in [0.29, 0.717) is 17.7 Å². The number of hydrogen-bond donors (Lipinski definition) is 4. The van der Waals surface area contributed by atoms with Crippen LogP contribution in [0.25, 0.3) is 5.48 Å². The minimum absolute atomic E-state index is 0. The number of carbonyl (C=O) groups excluding carboxylic acids is 5. The van der Waals surface area contributed by atoms with Crippen molar-refractivity contribution >= 4 is 31.1 Å². The van der Waals surface area contributed by atoms with E-state index in [1.807, 2.05) is 13.8 Å². The van der Waals surface area contributed by atoms with Gasteiger partial charge in [-0.25, -0.2) is 0 Å². The first kappa shape index (κ1) is 47.0. The van der Waals surface area contributed by atoms with Crippen LogP contribution in [0.2, 0.25) is 0 Å². The zero-order valence-corrected chi connectivity index (χ0v) is 32.1. The van der Waals surface area contributed by atoms with Gasteiger partial charge < -0.3 is 46.0 Å². The fraction of sp³-hybridized carbons (Fsp3) is 0.727. The molecule has 1 amide bonds. The molecule has 0 radical (unpaired) electrons. The fourth-order valence-electron chi connectivity index (χ4n) is 5.82. The van der Waals surface area contributed by atoms with E-state index < -0.39 is 0 Å². The van der Waals surface area contributed by atoms with Gasteiger partial charge in [0, 0.05) is 30.3 Å². The number of likely N-dealkylation sites (N-methyl/N-ethyl adjacent to an activating group) is 1. The Bertz CT molecular complexity index is 883. The summed E-state index contributed by atoms with van der Waals surface area (Å²) < 4.78 is 0. The number of likely N-dealkylation sites (tertiary alicyclic amines) is 1. The molecule has 2 aliphatic carbocycles. The smallest absolute Gasteiger partial charge is 0.518 e. The van der Waals surface area contributed by atoms with Crippen LogP contribution in [0.1, 0.15) is 90.9 Å². The van der Waals surface area contributed by atoms with Gasteiger partial charge in [-0.05, 0) is 91.4 Å². The van der Waals surface area contributed by atoms with Gasteiger partial charge in [0.1, 0.15) is 19.4 Å². The minimum Gasteiger partial charge on any atom is -0.518 e. The van der Waals surface area contributed by atoms with Gasteiger partial charge in [-0.15, -0.1) is 0 Å². The second-order valence-electron chi connectivity index (χ2n) is 11.7. The minimum atomic E-state index is -0.133. The summed E-state index contributed by atoms with van der Waals surface area (Å²) >= 11 is 0. The molecule has 2 saturated carbocycles. The molecule has 2 aliphatic heterocycles. The van der Waals surface area contributed by atoms with Crippen LogP contribution in [0.5, 0.6) is 0 Å². The van der Waals surface area contributed by atoms with Gasteiger partial charge in [0.15, 0.2) is 5.78 Å². The summed E-state index contributed by atoms with van der Waals surface area (Å²) in [5.74, 6) is 0.792. The molecule has 258 valence electrons. The number of carbonyl (C=O) groups is 5. The first-order valence-corrected chi connectivity index (χ1v) is 16.2. The van der Waals surface area contributed by atoms with Gasteiger partial charge >= 0.3 is 51.4 Å². The van der Waals surface area contributed by atoms with Gasteiger partial charge in [-0.1, -0.05) is 44.8 Å². The van der Waals surface area contributed by atoms with Crippen LogP contribution in [-0.2, 0) is 28.8 Å². The van der Waals surface area contributed by atoms with Crippen LogP contribution in [0.15, 0.2) is 24.4 Å². The Labute approximate surface area is 319 Å². The molecule has 2 saturated heterocycles. The third-order valence-corrected chi connectivity index (χ3v) is 8.22.